The molecule has 0 radical (unpaired) electrons. The van der Waals surface area contributed by atoms with Crippen LogP contribution < -0.4 is 20.7 Å². The number of nitrogens with one attached hydrogen (secondary N) is 1. The highest BCUT2D eigenvalue weighted by molar-refractivity contribution is 5.87. The fraction of sp³-hybridized carbons (Fsp3) is 0.400. The lowest BCUT2D eigenvalue weighted by Gasteiger charge is -2.24. The molecule has 1 saturated heterocycles. The second-order valence-electron chi connectivity index (χ2n) is 7.78. The molecule has 2 aliphatic rings. The molecule has 31 heavy (non-hydrogen) atoms. The zero-order chi connectivity index (χ0) is 22.3. The molecular formula is C20H21F2N5O4. The van der Waals surface area contributed by atoms with Gasteiger partial charge in [0.15, 0.2) is 11.8 Å². The van der Waals surface area contributed by atoms with Crippen LogP contribution in [0.25, 0.3) is 11.4 Å². The zero-order valence-corrected chi connectivity index (χ0v) is 16.9. The third-order valence-electron chi connectivity index (χ3n) is 5.22. The molecule has 3 N–H and O–H groups in total. The molecule has 11 heteroatoms. The molecular weight excluding hydrogens is 412 g/mol. The third kappa shape index (κ3) is 3.68. The summed E-state index contributed by atoms with van der Waals surface area (Å²) in [4.78, 5) is 28.4. The number of halogens is 2. The van der Waals surface area contributed by atoms with E-state index in [1.54, 1.807) is 48.8 Å². The number of carbonyl (C=O) groups is 1. The van der Waals surface area contributed by atoms with Crippen LogP contribution in [0.3, 0.4) is 0 Å². The number of hydrogen-bond donors (Lipinski definition) is 2. The summed E-state index contributed by atoms with van der Waals surface area (Å²) in [7, 11) is 0. The van der Waals surface area contributed by atoms with Crippen LogP contribution in [0.5, 0.6) is 5.75 Å². The first-order valence-corrected chi connectivity index (χ1v) is 9.59. The number of rotatable bonds is 5. The lowest BCUT2D eigenvalue weighted by atomic mass is 10.0. The van der Waals surface area contributed by atoms with Crippen molar-refractivity contribution in [3.63, 3.8) is 0 Å². The minimum atomic E-state index is -2.73. The van der Waals surface area contributed by atoms with Gasteiger partial charge >= 0.3 is 0 Å². The first kappa shape index (κ1) is 20.7. The van der Waals surface area contributed by atoms with Crippen molar-refractivity contribution in [2.24, 2.45) is 5.73 Å². The number of hydrogen-bond acceptors (Lipinski definition) is 7. The van der Waals surface area contributed by atoms with E-state index in [4.69, 9.17) is 15.2 Å². The van der Waals surface area contributed by atoms with Gasteiger partial charge in [-0.05, 0) is 26.0 Å². The number of aromatic nitrogens is 2. The molecule has 0 unspecified atom stereocenters. The molecule has 9 nitrogen and oxygen atoms in total. The number of benzene rings is 1. The summed E-state index contributed by atoms with van der Waals surface area (Å²) < 4.78 is 39.6. The van der Waals surface area contributed by atoms with Gasteiger partial charge in [-0.2, -0.15) is 0 Å². The van der Waals surface area contributed by atoms with Crippen molar-refractivity contribution in [3.8, 4) is 17.1 Å². The van der Waals surface area contributed by atoms with Crippen molar-refractivity contribution in [1.82, 2.24) is 9.55 Å². The van der Waals surface area contributed by atoms with Crippen LogP contribution in [0, 0.1) is 0 Å². The number of nitrogens with two attached hydrogens (primary N) is 1. The zero-order valence-electron chi connectivity index (χ0n) is 16.9. The largest absolute Gasteiger partial charge is 0.491 e. The Morgan fingerprint density at radius 2 is 2.16 bits per heavy atom. The van der Waals surface area contributed by atoms with E-state index in [2.05, 4.69) is 10.3 Å². The monoisotopic (exact) mass is 433 g/mol. The van der Waals surface area contributed by atoms with Crippen LogP contribution in [-0.4, -0.2) is 52.6 Å². The fourth-order valence-electron chi connectivity index (χ4n) is 3.48. The molecule has 2 aliphatic heterocycles. The number of anilines is 2. The van der Waals surface area contributed by atoms with Crippen molar-refractivity contribution in [1.29, 1.82) is 0 Å². The number of imidazole rings is 1. The molecule has 0 spiro atoms. The highest BCUT2D eigenvalue weighted by Crippen LogP contribution is 2.38. The van der Waals surface area contributed by atoms with Gasteiger partial charge in [-0.25, -0.2) is 18.6 Å². The summed E-state index contributed by atoms with van der Waals surface area (Å²) in [6.45, 7) is 3.73. The molecule has 3 heterocycles. The maximum Gasteiger partial charge on any atom is 0.284 e. The van der Waals surface area contributed by atoms with Crippen LogP contribution in [0.2, 0.25) is 0 Å². The number of primary amides is 1. The smallest absolute Gasteiger partial charge is 0.284 e. The summed E-state index contributed by atoms with van der Waals surface area (Å²) in [5.74, 6) is 1.91. The molecule has 1 atom stereocenters. The Morgan fingerprint density at radius 1 is 1.39 bits per heavy atom. The van der Waals surface area contributed by atoms with Gasteiger partial charge in [0.25, 0.3) is 12.3 Å². The molecule has 164 valence electrons. The topological polar surface area (TPSA) is 112 Å². The van der Waals surface area contributed by atoms with Crippen LogP contribution >= 0.6 is 0 Å². The Balaban J connectivity index is 1.72. The van der Waals surface area contributed by atoms with Gasteiger partial charge in [0.1, 0.15) is 36.4 Å². The normalized spacial score (nSPS) is 17.9. The fourth-order valence-corrected chi connectivity index (χ4v) is 3.48. The molecule has 0 aliphatic carbocycles. The average Bonchev–Trinajstić information content (AvgIpc) is 3.28. The van der Waals surface area contributed by atoms with Crippen LogP contribution in [0.4, 0.5) is 20.3 Å². The highest BCUT2D eigenvalue weighted by atomic mass is 19.3. The minimum Gasteiger partial charge on any atom is -0.491 e. The standard InChI is InChI=1S/C20H21F2N5O4/c1-20(2,19(23)29)25-11-3-4-12-14(7-11)30-6-5-26-8-15(24-18(12)26)27-13(17(21)22)10-31-16(27)9-28/h3-4,7-8,13,17,25H,5-6,10H2,1-2H3,(H2,23,29)/t13-/m0/s1. The molecule has 0 bridgehead atoms. The van der Waals surface area contributed by atoms with Gasteiger partial charge in [-0.15, -0.1) is 0 Å². The molecule has 2 aromatic rings. The maximum absolute atomic E-state index is 13.5. The molecule has 1 aromatic carbocycles. The SMILES string of the molecule is CC(C)(Nc1ccc2c(c1)OCCn1cc(N3C(=C=O)OC[C@H]3C(F)F)nc1-2)C(N)=O. The summed E-state index contributed by atoms with van der Waals surface area (Å²) in [5, 5.41) is 3.06. The number of nitrogens with zero attached hydrogens (tertiary/aromatic N) is 3. The summed E-state index contributed by atoms with van der Waals surface area (Å²) in [5.41, 5.74) is 5.71. The van der Waals surface area contributed by atoms with Gasteiger partial charge < -0.3 is 25.1 Å². The van der Waals surface area contributed by atoms with E-state index in [-0.39, 0.29) is 18.3 Å². The van der Waals surface area contributed by atoms with E-state index in [1.807, 2.05) is 0 Å². The van der Waals surface area contributed by atoms with E-state index in [0.29, 0.717) is 36.0 Å². The van der Waals surface area contributed by atoms with Gasteiger partial charge in [0.2, 0.25) is 5.91 Å². The third-order valence-corrected chi connectivity index (χ3v) is 5.22. The van der Waals surface area contributed by atoms with Crippen LogP contribution in [0.15, 0.2) is 30.3 Å². The average molecular weight is 433 g/mol. The Morgan fingerprint density at radius 3 is 2.84 bits per heavy atom. The Bertz CT molecular complexity index is 1080. The first-order chi connectivity index (χ1) is 14.7. The maximum atomic E-state index is 13.5. The molecule has 0 saturated carbocycles. The molecule has 1 aromatic heterocycles. The second kappa shape index (κ2) is 7.59. The second-order valence-corrected chi connectivity index (χ2v) is 7.78. The number of ether oxygens (including phenoxy) is 2. The van der Waals surface area contributed by atoms with Crippen LogP contribution in [0.1, 0.15) is 13.8 Å². The minimum absolute atomic E-state index is 0.168. The van der Waals surface area contributed by atoms with Crippen molar-refractivity contribution < 1.29 is 27.8 Å². The molecule has 4 rings (SSSR count). The first-order valence-electron chi connectivity index (χ1n) is 9.59. The predicted octanol–water partition coefficient (Wildman–Crippen LogP) is 1.76. The number of carbonyl (C=O) groups excluding carboxylic acids is 2. The van der Waals surface area contributed by atoms with E-state index in [1.165, 1.54) is 0 Å². The quantitative estimate of drug-likeness (QED) is 0.691. The van der Waals surface area contributed by atoms with Gasteiger partial charge in [0.05, 0.1) is 12.1 Å². The Hall–Kier alpha value is -3.59. The Labute approximate surface area is 176 Å². The lowest BCUT2D eigenvalue weighted by Crippen LogP contribution is -2.45. The highest BCUT2D eigenvalue weighted by Gasteiger charge is 2.40. The van der Waals surface area contributed by atoms with Crippen molar-refractivity contribution in [3.05, 3.63) is 30.3 Å². The van der Waals surface area contributed by atoms with E-state index >= 15 is 0 Å². The molecule has 1 fully saturated rings. The van der Waals surface area contributed by atoms with Crippen molar-refractivity contribution >= 4 is 23.4 Å². The Kier molecular flexibility index (Phi) is 5.06. The van der Waals surface area contributed by atoms with E-state index in [0.717, 1.165) is 4.90 Å². The summed E-state index contributed by atoms with van der Waals surface area (Å²) in [6, 6.07) is 3.90. The van der Waals surface area contributed by atoms with Gasteiger partial charge in [-0.1, -0.05) is 0 Å². The lowest BCUT2D eigenvalue weighted by molar-refractivity contribution is -0.121. The van der Waals surface area contributed by atoms with Crippen LogP contribution in [-0.2, 0) is 20.9 Å². The number of amides is 1. The van der Waals surface area contributed by atoms with E-state index < -0.39 is 23.9 Å². The van der Waals surface area contributed by atoms with Crippen molar-refractivity contribution in [2.75, 3.05) is 23.4 Å². The number of alkyl halides is 2. The number of fused-ring (bicyclic) bond motifs is 3. The molecule has 1 amide bonds. The van der Waals surface area contributed by atoms with Gasteiger partial charge in [-0.3, -0.25) is 9.69 Å². The van der Waals surface area contributed by atoms with E-state index in [9.17, 15) is 18.4 Å². The van der Waals surface area contributed by atoms with Gasteiger partial charge in [0, 0.05) is 18.0 Å². The van der Waals surface area contributed by atoms with Crippen molar-refractivity contribution in [2.45, 2.75) is 38.4 Å². The summed E-state index contributed by atoms with van der Waals surface area (Å²) in [6.07, 6.45) is -1.15. The summed E-state index contributed by atoms with van der Waals surface area (Å²) >= 11 is 0. The predicted molar refractivity (Wildman–Crippen MR) is 107 cm³/mol.